The van der Waals surface area contributed by atoms with Crippen LogP contribution >= 0.6 is 0 Å². The molecule has 0 aromatic heterocycles. The highest BCUT2D eigenvalue weighted by Gasteiger charge is 2.40. The number of piperazine rings is 1. The Kier molecular flexibility index (Phi) is 6.09. The Morgan fingerprint density at radius 1 is 0.944 bits per heavy atom. The number of halogens is 3. The molecule has 1 saturated heterocycles. The molecule has 2 aliphatic heterocycles. The van der Waals surface area contributed by atoms with Crippen molar-refractivity contribution >= 4 is 23.4 Å². The normalized spacial score (nSPS) is 17.1. The third-order valence-corrected chi connectivity index (χ3v) is 6.26. The van der Waals surface area contributed by atoms with E-state index in [9.17, 15) is 27.6 Å². The fourth-order valence-electron chi connectivity index (χ4n) is 4.35. The third-order valence-electron chi connectivity index (χ3n) is 6.26. The molecule has 7 nitrogen and oxygen atoms in total. The summed E-state index contributed by atoms with van der Waals surface area (Å²) in [7, 11) is 0. The van der Waals surface area contributed by atoms with Crippen LogP contribution in [0.15, 0.2) is 60.7 Å². The number of nitrogens with one attached hydrogen (secondary N) is 1. The van der Waals surface area contributed by atoms with Crippen molar-refractivity contribution in [2.24, 2.45) is 0 Å². The summed E-state index contributed by atoms with van der Waals surface area (Å²) in [6.45, 7) is 0.0550. The Hall–Kier alpha value is -4.34. The lowest BCUT2D eigenvalue weighted by Crippen LogP contribution is -2.60. The van der Waals surface area contributed by atoms with E-state index in [4.69, 9.17) is 4.74 Å². The molecule has 1 fully saturated rings. The molecule has 10 heteroatoms. The van der Waals surface area contributed by atoms with Crippen LogP contribution in [0, 0.1) is 17.5 Å². The fourth-order valence-corrected chi connectivity index (χ4v) is 4.35. The van der Waals surface area contributed by atoms with Gasteiger partial charge in [0.1, 0.15) is 11.8 Å². The van der Waals surface area contributed by atoms with Crippen molar-refractivity contribution in [3.63, 3.8) is 0 Å². The Morgan fingerprint density at radius 3 is 2.50 bits per heavy atom. The number of nitrogens with zero attached hydrogens (tertiary/aromatic N) is 2. The number of carbonyl (C=O) groups is 3. The number of para-hydroxylation sites is 1. The molecule has 2 heterocycles. The zero-order chi connectivity index (χ0) is 25.4. The van der Waals surface area contributed by atoms with Gasteiger partial charge in [-0.25, -0.2) is 13.2 Å². The number of ether oxygens (including phenoxy) is 1. The van der Waals surface area contributed by atoms with E-state index < -0.39 is 35.3 Å². The number of benzene rings is 3. The highest BCUT2D eigenvalue weighted by atomic mass is 19.2. The van der Waals surface area contributed by atoms with Crippen molar-refractivity contribution < 1.29 is 32.3 Å². The number of carbonyl (C=O) groups excluding carboxylic acids is 3. The lowest BCUT2D eigenvalue weighted by Gasteiger charge is -2.39. The van der Waals surface area contributed by atoms with Crippen LogP contribution in [0.2, 0.25) is 0 Å². The summed E-state index contributed by atoms with van der Waals surface area (Å²) in [5.74, 6) is -5.06. The summed E-state index contributed by atoms with van der Waals surface area (Å²) in [5.41, 5.74) is 0.222. The van der Waals surface area contributed by atoms with Crippen LogP contribution in [-0.2, 0) is 9.59 Å². The van der Waals surface area contributed by atoms with E-state index in [0.717, 1.165) is 12.1 Å². The maximum Gasteiger partial charge on any atom is 0.260 e. The molecule has 1 N–H and O–H groups in total. The van der Waals surface area contributed by atoms with Crippen LogP contribution < -0.4 is 10.1 Å². The lowest BCUT2D eigenvalue weighted by molar-refractivity contribution is -0.137. The molecule has 3 aromatic carbocycles. The molecule has 2 aliphatic rings. The minimum Gasteiger partial charge on any atom is -0.484 e. The van der Waals surface area contributed by atoms with Crippen molar-refractivity contribution in [2.75, 3.05) is 31.6 Å². The molecular weight excluding hydrogens is 475 g/mol. The second kappa shape index (κ2) is 9.37. The van der Waals surface area contributed by atoms with E-state index in [1.807, 2.05) is 6.07 Å². The van der Waals surface area contributed by atoms with Crippen LogP contribution in [0.4, 0.5) is 18.9 Å². The predicted molar refractivity (Wildman–Crippen MR) is 124 cm³/mol. The van der Waals surface area contributed by atoms with Gasteiger partial charge in [0, 0.05) is 18.7 Å². The van der Waals surface area contributed by atoms with Gasteiger partial charge in [0.15, 0.2) is 24.1 Å². The van der Waals surface area contributed by atoms with Gasteiger partial charge in [-0.05, 0) is 42.0 Å². The second-order valence-corrected chi connectivity index (χ2v) is 8.43. The van der Waals surface area contributed by atoms with Crippen molar-refractivity contribution in [1.29, 1.82) is 0 Å². The van der Waals surface area contributed by atoms with Crippen molar-refractivity contribution in [1.82, 2.24) is 9.80 Å². The summed E-state index contributed by atoms with van der Waals surface area (Å²) >= 11 is 0. The van der Waals surface area contributed by atoms with Crippen molar-refractivity contribution in [3.8, 4) is 16.9 Å². The van der Waals surface area contributed by atoms with Crippen LogP contribution in [0.1, 0.15) is 10.4 Å². The monoisotopic (exact) mass is 495 g/mol. The number of anilines is 1. The molecule has 0 saturated carbocycles. The first kappa shape index (κ1) is 23.4. The fraction of sp³-hybridized carbons (Fsp3) is 0.192. The van der Waals surface area contributed by atoms with Gasteiger partial charge in [-0.15, -0.1) is 0 Å². The van der Waals surface area contributed by atoms with Gasteiger partial charge >= 0.3 is 0 Å². The number of hydrogen-bond donors (Lipinski definition) is 1. The van der Waals surface area contributed by atoms with Crippen LogP contribution in [0.5, 0.6) is 5.75 Å². The summed E-state index contributed by atoms with van der Waals surface area (Å²) in [6.07, 6.45) is 0. The standard InChI is InChI=1S/C26H20F3N3O4/c27-19-8-7-17(23(28)24(19)29)15-6-9-20-18(12-15)26(35)32-11-10-31(13-21(32)25(34)30-20)22(33)14-36-16-4-2-1-3-5-16/h1-9,12,21H,10-11,13-14H2,(H,30,34). The maximum absolute atomic E-state index is 14.4. The van der Waals surface area contributed by atoms with E-state index in [1.54, 1.807) is 24.3 Å². The van der Waals surface area contributed by atoms with Gasteiger partial charge in [-0.2, -0.15) is 0 Å². The molecule has 3 amide bonds. The summed E-state index contributed by atoms with van der Waals surface area (Å²) in [5, 5.41) is 2.68. The van der Waals surface area contributed by atoms with E-state index in [2.05, 4.69) is 5.32 Å². The SMILES string of the molecule is O=C1Nc2ccc(-c3ccc(F)c(F)c3F)cc2C(=O)N2CCN(C(=O)COc3ccccc3)CC12. The number of rotatable bonds is 4. The first-order valence-electron chi connectivity index (χ1n) is 11.2. The quantitative estimate of drug-likeness (QED) is 0.563. The number of amides is 3. The van der Waals surface area contributed by atoms with E-state index >= 15 is 0 Å². The molecule has 3 aromatic rings. The van der Waals surface area contributed by atoms with Crippen LogP contribution in [-0.4, -0.2) is 59.8 Å². The Balaban J connectivity index is 1.36. The number of fused-ring (bicyclic) bond motifs is 2. The van der Waals surface area contributed by atoms with E-state index in [-0.39, 0.29) is 54.5 Å². The molecule has 1 unspecified atom stereocenters. The van der Waals surface area contributed by atoms with Crippen LogP contribution in [0.3, 0.4) is 0 Å². The molecule has 1 atom stereocenters. The molecule has 36 heavy (non-hydrogen) atoms. The van der Waals surface area contributed by atoms with Gasteiger partial charge < -0.3 is 19.9 Å². The molecule has 5 rings (SSSR count). The first-order chi connectivity index (χ1) is 17.3. The predicted octanol–water partition coefficient (Wildman–Crippen LogP) is 3.46. The zero-order valence-corrected chi connectivity index (χ0v) is 18.8. The summed E-state index contributed by atoms with van der Waals surface area (Å²) in [4.78, 5) is 41.9. The smallest absolute Gasteiger partial charge is 0.260 e. The third kappa shape index (κ3) is 4.26. The highest BCUT2D eigenvalue weighted by molar-refractivity contribution is 6.10. The van der Waals surface area contributed by atoms with Gasteiger partial charge in [-0.3, -0.25) is 14.4 Å². The number of hydrogen-bond acceptors (Lipinski definition) is 4. The van der Waals surface area contributed by atoms with Gasteiger partial charge in [0.05, 0.1) is 17.8 Å². The molecule has 0 radical (unpaired) electrons. The molecular formula is C26H20F3N3O4. The molecule has 0 bridgehead atoms. The minimum atomic E-state index is -1.61. The van der Waals surface area contributed by atoms with Crippen molar-refractivity contribution in [3.05, 3.63) is 83.7 Å². The van der Waals surface area contributed by atoms with Gasteiger partial charge in [0.25, 0.3) is 11.8 Å². The van der Waals surface area contributed by atoms with E-state index in [0.29, 0.717) is 5.75 Å². The average Bonchev–Trinajstić information content (AvgIpc) is 3.00. The molecule has 0 spiro atoms. The topological polar surface area (TPSA) is 79.0 Å². The lowest BCUT2D eigenvalue weighted by atomic mass is 10.00. The molecule has 184 valence electrons. The van der Waals surface area contributed by atoms with E-state index in [1.165, 1.54) is 28.0 Å². The Labute approximate surface area is 204 Å². The maximum atomic E-state index is 14.4. The summed E-state index contributed by atoms with van der Waals surface area (Å²) < 4.78 is 47.0. The Morgan fingerprint density at radius 2 is 1.72 bits per heavy atom. The Bertz CT molecular complexity index is 1370. The molecule has 0 aliphatic carbocycles. The van der Waals surface area contributed by atoms with Gasteiger partial charge in [0.2, 0.25) is 5.91 Å². The largest absolute Gasteiger partial charge is 0.484 e. The minimum absolute atomic E-state index is 0.0206. The first-order valence-corrected chi connectivity index (χ1v) is 11.2. The zero-order valence-electron chi connectivity index (χ0n) is 18.8. The average molecular weight is 495 g/mol. The van der Waals surface area contributed by atoms with Crippen LogP contribution in [0.25, 0.3) is 11.1 Å². The highest BCUT2D eigenvalue weighted by Crippen LogP contribution is 2.32. The summed E-state index contributed by atoms with van der Waals surface area (Å²) in [6, 6.07) is 13.9. The van der Waals surface area contributed by atoms with Gasteiger partial charge in [-0.1, -0.05) is 24.3 Å². The second-order valence-electron chi connectivity index (χ2n) is 8.43. The van der Waals surface area contributed by atoms with Crippen molar-refractivity contribution in [2.45, 2.75) is 6.04 Å².